The van der Waals surface area contributed by atoms with Crippen molar-refractivity contribution < 1.29 is 0 Å². The van der Waals surface area contributed by atoms with Crippen LogP contribution in [0.1, 0.15) is 38.5 Å². The van der Waals surface area contributed by atoms with Gasteiger partial charge in [-0.15, -0.1) is 0 Å². The summed E-state index contributed by atoms with van der Waals surface area (Å²) in [4.78, 5) is 0. The molecule has 0 radical (unpaired) electrons. The third-order valence-electron chi connectivity index (χ3n) is 64.0. The molecule has 53 rings (SSSR count). The van der Waals surface area contributed by atoms with Gasteiger partial charge in [0.1, 0.15) is 0 Å². The molecule has 0 N–H and O–H groups in total. The average molecular weight is 905 g/mol. The summed E-state index contributed by atoms with van der Waals surface area (Å²) in [5, 5.41) is 0. The minimum atomic E-state index is 1.07. The molecule has 72 heavy (non-hydrogen) atoms. The van der Waals surface area contributed by atoms with Crippen molar-refractivity contribution in [2.45, 2.75) is 38.5 Å². The second kappa shape index (κ2) is 3.44. The summed E-state index contributed by atoms with van der Waals surface area (Å²) in [6.45, 7) is 0. The highest BCUT2D eigenvalue weighted by Crippen LogP contribution is 3.79. The van der Waals surface area contributed by atoms with Crippen LogP contribution >= 0.6 is 0 Å². The SMILES string of the molecule is C1CC2C3C4C5C6C7C8C9C%10C%11CC%12C%13C%14C%15CC%16C%17C%18C%19C%20C%21C%22C%23C%24C%25CC%26C(C1)C1%27C%28C2C32C43C54C65C76C87C98C%109C%12%11C%13%10C%14%11C%15%16C%17%12C%18%13C%19%14C%20%15C%21%16C%22%17C%23%18C%24(C%26%251)C%271C%282C32C%181C%171C42C52C%161C%151C%143C%134C%11%12C%109C84C73C621. The van der Waals surface area contributed by atoms with E-state index in [1.54, 1.807) is 6.42 Å². The Kier molecular flexibility index (Phi) is 1.13. The minimum Gasteiger partial charge on any atom is -0.0527 e. The molecular formula is C72H40. The number of fused-ring (bicyclic) bond motifs is 22. The lowest BCUT2D eigenvalue weighted by Crippen LogP contribution is -3.73. The summed E-state index contributed by atoms with van der Waals surface area (Å²) in [6, 6.07) is 0. The van der Waals surface area contributed by atoms with Crippen LogP contribution in [-0.4, -0.2) is 0 Å². The summed E-state index contributed by atoms with van der Waals surface area (Å²) in [5.74, 6) is 39.7. The second-order valence-corrected chi connectivity index (χ2v) is 47.2. The quantitative estimate of drug-likeness (QED) is 0.290. The predicted octanol–water partition coefficient (Wildman–Crippen LogP) is 5.78. The van der Waals surface area contributed by atoms with Crippen molar-refractivity contribution in [1.29, 1.82) is 0 Å². The molecule has 66 unspecified atom stereocenters. The van der Waals surface area contributed by atoms with Gasteiger partial charge in [-0.2, -0.15) is 0 Å². The molecule has 53 saturated carbocycles. The third-order valence-corrected chi connectivity index (χ3v) is 64.0. The first kappa shape index (κ1) is 23.6. The van der Waals surface area contributed by atoms with Crippen molar-refractivity contribution in [1.82, 2.24) is 0 Å². The van der Waals surface area contributed by atoms with Crippen molar-refractivity contribution >= 4 is 0 Å². The van der Waals surface area contributed by atoms with Crippen LogP contribution in [0.3, 0.4) is 0 Å². The van der Waals surface area contributed by atoms with E-state index in [1.165, 1.54) is 166 Å². The molecular weight excluding hydrogens is 865 g/mol. The zero-order valence-electron chi connectivity index (χ0n) is 39.4. The average Bonchev–Trinajstić information content (AvgIpc) is 0.415. The molecule has 0 aromatic carbocycles. The minimum absolute atomic E-state index is 1.07. The number of rotatable bonds is 0. The van der Waals surface area contributed by atoms with E-state index in [-0.39, 0.29) is 0 Å². The molecule has 0 aliphatic heterocycles. The predicted molar refractivity (Wildman–Crippen MR) is 218 cm³/mol. The Bertz CT molecular complexity index is 5130. The largest absolute Gasteiger partial charge is 0.0527 e. The van der Waals surface area contributed by atoms with Crippen LogP contribution in [-0.2, 0) is 0 Å². The third kappa shape index (κ3) is 0.472. The number of hydrogen-bond donors (Lipinski definition) is 0. The van der Waals surface area contributed by atoms with Gasteiger partial charge in [0.15, 0.2) is 0 Å². The van der Waals surface area contributed by atoms with Gasteiger partial charge in [0.2, 0.25) is 0 Å². The monoisotopic (exact) mass is 904 g/mol. The van der Waals surface area contributed by atoms with E-state index in [0.29, 0.717) is 0 Å². The zero-order chi connectivity index (χ0) is 39.4. The van der Waals surface area contributed by atoms with Crippen LogP contribution in [0.5, 0.6) is 0 Å². The number of hydrogen-bond acceptors (Lipinski definition) is 0. The highest BCUT2D eigenvalue weighted by atomic mass is 15.8. The summed E-state index contributed by atoms with van der Waals surface area (Å²) >= 11 is 0. The molecule has 53 aliphatic carbocycles. The van der Waals surface area contributed by atoms with Gasteiger partial charge < -0.3 is 0 Å². The first-order valence-electron chi connectivity index (χ1n) is 35.8. The molecule has 53 fully saturated rings. The van der Waals surface area contributed by atoms with Crippen LogP contribution in [0, 0.1) is 371 Å². The molecule has 38 spiro atoms. The second-order valence-electron chi connectivity index (χ2n) is 47.2. The van der Waals surface area contributed by atoms with Gasteiger partial charge in [-0.1, -0.05) is 6.42 Å². The van der Waals surface area contributed by atoms with E-state index in [9.17, 15) is 0 Å². The van der Waals surface area contributed by atoms with Gasteiger partial charge in [-0.05, 0) is 404 Å². The van der Waals surface area contributed by atoms with Crippen LogP contribution in [0.2, 0.25) is 0 Å². The lowest BCUT2D eigenvalue weighted by Gasteiger charge is -3.74. The Morgan fingerprint density at radius 2 is 0.500 bits per heavy atom. The molecule has 0 heterocycles. The maximum Gasteiger partial charge on any atom is -0.000370 e. The van der Waals surface area contributed by atoms with Crippen LogP contribution in [0.25, 0.3) is 0 Å². The molecule has 328 valence electrons. The summed E-state index contributed by atoms with van der Waals surface area (Å²) < 4.78 is 0. The van der Waals surface area contributed by atoms with Crippen LogP contribution < -0.4 is 0 Å². The van der Waals surface area contributed by atoms with Gasteiger partial charge in [0.05, 0.1) is 0 Å². The fourth-order valence-corrected chi connectivity index (χ4v) is 83.1. The highest BCUT2D eigenvalue weighted by molar-refractivity contribution is 6.22. The zero-order valence-corrected chi connectivity index (χ0v) is 39.4. The summed E-state index contributed by atoms with van der Waals surface area (Å²) in [6.07, 6.45) is 11.1. The van der Waals surface area contributed by atoms with E-state index in [1.807, 2.05) is 32.1 Å². The van der Waals surface area contributed by atoms with Crippen LogP contribution in [0.4, 0.5) is 0 Å². The molecule has 66 atom stereocenters. The van der Waals surface area contributed by atoms with E-state index in [4.69, 9.17) is 0 Å². The fourth-order valence-electron chi connectivity index (χ4n) is 83.1. The molecule has 0 saturated heterocycles. The Balaban J connectivity index is 0.697. The van der Waals surface area contributed by atoms with Gasteiger partial charge in [0.25, 0.3) is 0 Å². The van der Waals surface area contributed by atoms with E-state index >= 15 is 0 Å². The molecule has 0 amide bonds. The first-order chi connectivity index (χ1) is 35.8. The van der Waals surface area contributed by atoms with Crippen molar-refractivity contribution in [2.24, 2.45) is 371 Å². The van der Waals surface area contributed by atoms with Crippen molar-refractivity contribution in [3.8, 4) is 0 Å². The van der Waals surface area contributed by atoms with Crippen molar-refractivity contribution in [2.75, 3.05) is 0 Å². The topological polar surface area (TPSA) is 0 Å². The van der Waals surface area contributed by atoms with Crippen molar-refractivity contribution in [3.63, 3.8) is 0 Å². The van der Waals surface area contributed by atoms with E-state index < -0.39 is 0 Å². The smallest absolute Gasteiger partial charge is 0.000370 e. The lowest BCUT2D eigenvalue weighted by molar-refractivity contribution is -1.30. The Hall–Kier alpha value is 0. The first-order valence-corrected chi connectivity index (χ1v) is 35.8. The fraction of sp³-hybridized carbons (Fsp3) is 1.00. The molecule has 0 heteroatoms. The van der Waals surface area contributed by atoms with Crippen LogP contribution in [0.15, 0.2) is 0 Å². The van der Waals surface area contributed by atoms with Crippen molar-refractivity contribution in [3.05, 3.63) is 0 Å². The van der Waals surface area contributed by atoms with E-state index in [2.05, 4.69) is 0 Å². The lowest BCUT2D eigenvalue weighted by atomic mass is 8.28. The van der Waals surface area contributed by atoms with Gasteiger partial charge in [-0.3, -0.25) is 0 Å². The standard InChI is InChI=1S/C72H40/c1-2-7-15-22-26-30-31-28-24-20-13-5-11-17-18-12-6-14-21-25-29-33-32-27-23-19-10-4-9-8(3-1)38-34-16(7)39(15)45(22)49(26)53(30)54(31)51(28)47(24)43(20)36(11,13)41(17)42(18)37(12,14)44(21)48(25)52(29)56(33)55(32)50(27)46(23)40(19,35(9,10)38)58(38)57(34,39)61(45)62(46,58)66(50)65(49,61)69(53)70(55,66)72(56)68(52)64(48)60(42,44)59(41,43)63(47,64)67(51,68)71(54,69)72/h7-34H,1-6H2. The maximum atomic E-state index is 1.89. The summed E-state index contributed by atoms with van der Waals surface area (Å²) in [7, 11) is 0. The summed E-state index contributed by atoms with van der Waals surface area (Å²) in [5.41, 5.74) is 43.1. The normalized spacial score (nSPS) is 145. The molecule has 0 aromatic rings. The maximum absolute atomic E-state index is 1.89. The van der Waals surface area contributed by atoms with Gasteiger partial charge >= 0.3 is 0 Å². The van der Waals surface area contributed by atoms with E-state index in [0.717, 1.165) is 206 Å². The Labute approximate surface area is 407 Å². The highest BCUT2D eigenvalue weighted by Gasteiger charge is 3.78. The Morgan fingerprint density at radius 3 is 0.986 bits per heavy atom. The molecule has 0 aromatic heterocycles. The van der Waals surface area contributed by atoms with Gasteiger partial charge in [0, 0.05) is 0 Å². The molecule has 53 aliphatic rings. The Morgan fingerprint density at radius 1 is 0.181 bits per heavy atom. The molecule has 0 bridgehead atoms. The molecule has 0 nitrogen and oxygen atoms in total. The van der Waals surface area contributed by atoms with Gasteiger partial charge in [-0.25, -0.2) is 0 Å².